The van der Waals surface area contributed by atoms with Crippen LogP contribution in [0.2, 0.25) is 0 Å². The molecule has 2 aromatic rings. The lowest BCUT2D eigenvalue weighted by Gasteiger charge is -2.15. The van der Waals surface area contributed by atoms with Gasteiger partial charge in [0.05, 0.1) is 11.7 Å². The summed E-state index contributed by atoms with van der Waals surface area (Å²) in [6.07, 6.45) is 5.82. The Balaban J connectivity index is 2.13. The van der Waals surface area contributed by atoms with Gasteiger partial charge in [-0.05, 0) is 31.2 Å². The lowest BCUT2D eigenvalue weighted by Crippen LogP contribution is -2.20. The molecule has 4 heteroatoms. The Hall–Kier alpha value is -1.81. The molecule has 17 heavy (non-hydrogen) atoms. The second-order valence-electron chi connectivity index (χ2n) is 3.80. The third-order valence-corrected chi connectivity index (χ3v) is 2.64. The third-order valence-electron chi connectivity index (χ3n) is 2.64. The van der Waals surface area contributed by atoms with Crippen molar-refractivity contribution in [1.82, 2.24) is 15.3 Å². The first-order valence-corrected chi connectivity index (χ1v) is 5.47. The van der Waals surface area contributed by atoms with E-state index < -0.39 is 0 Å². The van der Waals surface area contributed by atoms with Crippen molar-refractivity contribution in [3.05, 3.63) is 59.9 Å². The highest BCUT2D eigenvalue weighted by atomic mass is 19.1. The molecule has 1 aromatic carbocycles. The van der Waals surface area contributed by atoms with Crippen LogP contribution < -0.4 is 5.32 Å². The van der Waals surface area contributed by atoms with Gasteiger partial charge >= 0.3 is 0 Å². The van der Waals surface area contributed by atoms with Crippen LogP contribution >= 0.6 is 0 Å². The Labute approximate surface area is 99.7 Å². The number of benzene rings is 1. The summed E-state index contributed by atoms with van der Waals surface area (Å²) < 4.78 is 12.8. The van der Waals surface area contributed by atoms with Crippen molar-refractivity contribution < 1.29 is 4.39 Å². The molecular formula is C13H14FN3. The van der Waals surface area contributed by atoms with Crippen molar-refractivity contribution in [2.24, 2.45) is 0 Å². The van der Waals surface area contributed by atoms with Gasteiger partial charge in [0, 0.05) is 18.6 Å². The van der Waals surface area contributed by atoms with E-state index in [0.717, 1.165) is 17.7 Å². The molecule has 0 spiro atoms. The molecular weight excluding hydrogens is 217 g/mol. The molecule has 0 aliphatic carbocycles. The average Bonchev–Trinajstić information content (AvgIpc) is 2.39. The molecule has 1 atom stereocenters. The van der Waals surface area contributed by atoms with Crippen LogP contribution in [0.3, 0.4) is 0 Å². The van der Waals surface area contributed by atoms with Gasteiger partial charge in [0.1, 0.15) is 5.82 Å². The van der Waals surface area contributed by atoms with Crippen LogP contribution in [0.25, 0.3) is 0 Å². The van der Waals surface area contributed by atoms with Crippen LogP contribution in [0.5, 0.6) is 0 Å². The summed E-state index contributed by atoms with van der Waals surface area (Å²) >= 11 is 0. The summed E-state index contributed by atoms with van der Waals surface area (Å²) in [7, 11) is 1.88. The number of likely N-dealkylation sites (N-methyl/N-ethyl adjacent to an activating group) is 1. The molecule has 0 saturated carbocycles. The van der Waals surface area contributed by atoms with E-state index in [1.54, 1.807) is 30.7 Å². The van der Waals surface area contributed by atoms with Gasteiger partial charge in [0.25, 0.3) is 0 Å². The number of nitrogens with one attached hydrogen (secondary N) is 1. The quantitative estimate of drug-likeness (QED) is 0.875. The second kappa shape index (κ2) is 5.50. The summed E-state index contributed by atoms with van der Waals surface area (Å²) in [4.78, 5) is 8.31. The van der Waals surface area contributed by atoms with Crippen LogP contribution in [0.1, 0.15) is 17.3 Å². The first kappa shape index (κ1) is 11.7. The number of hydrogen-bond donors (Lipinski definition) is 1. The molecule has 0 amide bonds. The standard InChI is InChI=1S/C13H14FN3/c1-15-12(13-9-16-6-7-17-13)8-10-2-4-11(14)5-3-10/h2-7,9,12,15H,8H2,1H3. The van der Waals surface area contributed by atoms with Gasteiger partial charge in [-0.2, -0.15) is 0 Å². The van der Waals surface area contributed by atoms with Gasteiger partial charge in [-0.15, -0.1) is 0 Å². The van der Waals surface area contributed by atoms with Gasteiger partial charge in [0.2, 0.25) is 0 Å². The molecule has 1 heterocycles. The van der Waals surface area contributed by atoms with E-state index in [1.807, 2.05) is 7.05 Å². The first-order chi connectivity index (χ1) is 8.29. The topological polar surface area (TPSA) is 37.8 Å². The van der Waals surface area contributed by atoms with Crippen LogP contribution in [0.4, 0.5) is 4.39 Å². The van der Waals surface area contributed by atoms with Crippen LogP contribution in [0, 0.1) is 5.82 Å². The first-order valence-electron chi connectivity index (χ1n) is 5.47. The fraction of sp³-hybridized carbons (Fsp3) is 0.231. The Bertz CT molecular complexity index is 456. The van der Waals surface area contributed by atoms with Crippen molar-refractivity contribution >= 4 is 0 Å². The van der Waals surface area contributed by atoms with Crippen LogP contribution in [0.15, 0.2) is 42.9 Å². The number of halogens is 1. The zero-order valence-corrected chi connectivity index (χ0v) is 9.60. The predicted octanol–water partition coefficient (Wildman–Crippen LogP) is 2.12. The largest absolute Gasteiger partial charge is 0.311 e. The lowest BCUT2D eigenvalue weighted by molar-refractivity contribution is 0.571. The molecule has 2 rings (SSSR count). The fourth-order valence-electron chi connectivity index (χ4n) is 1.70. The summed E-state index contributed by atoms with van der Waals surface area (Å²) in [6.45, 7) is 0. The SMILES string of the molecule is CNC(Cc1ccc(F)cc1)c1cnccn1. The van der Waals surface area contributed by atoms with E-state index in [-0.39, 0.29) is 11.9 Å². The maximum Gasteiger partial charge on any atom is 0.123 e. The number of nitrogens with zero attached hydrogens (tertiary/aromatic N) is 2. The second-order valence-corrected chi connectivity index (χ2v) is 3.80. The van der Waals surface area contributed by atoms with E-state index in [9.17, 15) is 4.39 Å². The smallest absolute Gasteiger partial charge is 0.123 e. The minimum atomic E-state index is -0.214. The summed E-state index contributed by atoms with van der Waals surface area (Å²) in [5.41, 5.74) is 1.95. The van der Waals surface area contributed by atoms with Gasteiger partial charge in [-0.1, -0.05) is 12.1 Å². The van der Waals surface area contributed by atoms with E-state index in [1.165, 1.54) is 12.1 Å². The van der Waals surface area contributed by atoms with Crippen molar-refractivity contribution in [3.8, 4) is 0 Å². The van der Waals surface area contributed by atoms with Crippen molar-refractivity contribution in [2.45, 2.75) is 12.5 Å². The number of aromatic nitrogens is 2. The maximum absolute atomic E-state index is 12.8. The predicted molar refractivity (Wildman–Crippen MR) is 63.9 cm³/mol. The molecule has 88 valence electrons. The van der Waals surface area contributed by atoms with E-state index >= 15 is 0 Å². The minimum Gasteiger partial charge on any atom is -0.311 e. The monoisotopic (exact) mass is 231 g/mol. The Kier molecular flexibility index (Phi) is 3.77. The molecule has 0 bridgehead atoms. The van der Waals surface area contributed by atoms with E-state index in [0.29, 0.717) is 0 Å². The molecule has 0 radical (unpaired) electrons. The lowest BCUT2D eigenvalue weighted by atomic mass is 10.0. The molecule has 0 aliphatic heterocycles. The zero-order valence-electron chi connectivity index (χ0n) is 9.60. The fourth-order valence-corrected chi connectivity index (χ4v) is 1.70. The van der Waals surface area contributed by atoms with Gasteiger partial charge in [-0.3, -0.25) is 9.97 Å². The number of hydrogen-bond acceptors (Lipinski definition) is 3. The highest BCUT2D eigenvalue weighted by Crippen LogP contribution is 2.15. The Morgan fingerprint density at radius 1 is 1.24 bits per heavy atom. The van der Waals surface area contributed by atoms with Crippen LogP contribution in [-0.4, -0.2) is 17.0 Å². The zero-order chi connectivity index (χ0) is 12.1. The van der Waals surface area contributed by atoms with Gasteiger partial charge in [0.15, 0.2) is 0 Å². The summed E-state index contributed by atoms with van der Waals surface area (Å²) in [5.74, 6) is -0.214. The third kappa shape index (κ3) is 3.07. The highest BCUT2D eigenvalue weighted by Gasteiger charge is 2.11. The van der Waals surface area contributed by atoms with Crippen molar-refractivity contribution in [2.75, 3.05) is 7.05 Å². The van der Waals surface area contributed by atoms with Crippen molar-refractivity contribution in [1.29, 1.82) is 0 Å². The molecule has 0 aliphatic rings. The normalized spacial score (nSPS) is 12.4. The molecule has 1 aromatic heterocycles. The Morgan fingerprint density at radius 2 is 2.00 bits per heavy atom. The van der Waals surface area contributed by atoms with E-state index in [2.05, 4.69) is 15.3 Å². The Morgan fingerprint density at radius 3 is 2.59 bits per heavy atom. The van der Waals surface area contributed by atoms with Crippen molar-refractivity contribution in [3.63, 3.8) is 0 Å². The van der Waals surface area contributed by atoms with Gasteiger partial charge < -0.3 is 5.32 Å². The number of rotatable bonds is 4. The summed E-state index contributed by atoms with van der Waals surface area (Å²) in [5, 5.41) is 3.19. The molecule has 1 unspecified atom stereocenters. The summed E-state index contributed by atoms with van der Waals surface area (Å²) in [6, 6.07) is 6.61. The minimum absolute atomic E-state index is 0.0918. The molecule has 0 saturated heterocycles. The maximum atomic E-state index is 12.8. The molecule has 3 nitrogen and oxygen atoms in total. The highest BCUT2D eigenvalue weighted by molar-refractivity contribution is 5.19. The molecule has 1 N–H and O–H groups in total. The average molecular weight is 231 g/mol. The van der Waals surface area contributed by atoms with E-state index in [4.69, 9.17) is 0 Å². The van der Waals surface area contributed by atoms with Gasteiger partial charge in [-0.25, -0.2) is 4.39 Å². The van der Waals surface area contributed by atoms with Crippen LogP contribution in [-0.2, 0) is 6.42 Å². The molecule has 0 fully saturated rings.